The molecule has 0 saturated heterocycles. The zero-order valence-electron chi connectivity index (χ0n) is 11.2. The Morgan fingerprint density at radius 2 is 1.89 bits per heavy atom. The summed E-state index contributed by atoms with van der Waals surface area (Å²) in [7, 11) is -3.22. The molecule has 1 aromatic rings. The van der Waals surface area contributed by atoms with E-state index in [2.05, 4.69) is 10.0 Å². The number of benzene rings is 1. The predicted molar refractivity (Wildman–Crippen MR) is 76.1 cm³/mol. The van der Waals surface area contributed by atoms with Crippen LogP contribution in [0.2, 0.25) is 0 Å². The Morgan fingerprint density at radius 3 is 2.39 bits per heavy atom. The van der Waals surface area contributed by atoms with Crippen molar-refractivity contribution in [2.45, 2.75) is 26.3 Å². The molecule has 0 spiro atoms. The van der Waals surface area contributed by atoms with Crippen LogP contribution in [0.25, 0.3) is 0 Å². The first kappa shape index (κ1) is 14.8. The molecule has 102 valence electrons. The number of rotatable bonds is 5. The molecular weight excluding hydrogens is 250 g/mol. The number of nitrogens with two attached hydrogens (primary N) is 1. The molecule has 0 bridgehead atoms. The van der Waals surface area contributed by atoms with Gasteiger partial charge in [0.2, 0.25) is 10.0 Å². The van der Waals surface area contributed by atoms with Crippen LogP contribution < -0.4 is 15.8 Å². The standard InChI is InChI=1S/C12H21N3O2S/c1-9-5-10(13)7-11(6-9)14-8-12(2,3)15-18(4,16)17/h5-7,14-15H,8,13H2,1-4H3. The first-order chi connectivity index (χ1) is 8.07. The maximum atomic E-state index is 11.2. The first-order valence-electron chi connectivity index (χ1n) is 5.67. The number of anilines is 2. The van der Waals surface area contributed by atoms with E-state index in [0.717, 1.165) is 17.5 Å². The van der Waals surface area contributed by atoms with Gasteiger partial charge in [0.05, 0.1) is 6.26 Å². The fourth-order valence-electron chi connectivity index (χ4n) is 1.78. The molecule has 0 saturated carbocycles. The van der Waals surface area contributed by atoms with Gasteiger partial charge in [0.15, 0.2) is 0 Å². The Kier molecular flexibility index (Phi) is 4.24. The topological polar surface area (TPSA) is 84.2 Å². The molecule has 4 N–H and O–H groups in total. The van der Waals surface area contributed by atoms with Crippen LogP contribution in [-0.4, -0.2) is 26.8 Å². The smallest absolute Gasteiger partial charge is 0.209 e. The number of aryl methyl sites for hydroxylation is 1. The Hall–Kier alpha value is -1.27. The van der Waals surface area contributed by atoms with Gasteiger partial charge in [0.1, 0.15) is 0 Å². The van der Waals surface area contributed by atoms with Gasteiger partial charge in [-0.1, -0.05) is 0 Å². The third-order valence-corrected chi connectivity index (χ3v) is 3.22. The third-order valence-electron chi connectivity index (χ3n) is 2.30. The Bertz CT molecular complexity index is 504. The summed E-state index contributed by atoms with van der Waals surface area (Å²) in [5.74, 6) is 0. The molecule has 0 radical (unpaired) electrons. The van der Waals surface area contributed by atoms with Crippen LogP contribution in [0.3, 0.4) is 0 Å². The van der Waals surface area contributed by atoms with Crippen molar-refractivity contribution < 1.29 is 8.42 Å². The van der Waals surface area contributed by atoms with E-state index in [4.69, 9.17) is 5.73 Å². The molecular formula is C12H21N3O2S. The number of hydrogen-bond donors (Lipinski definition) is 3. The molecule has 0 fully saturated rings. The van der Waals surface area contributed by atoms with E-state index in [0.29, 0.717) is 12.2 Å². The molecule has 0 aliphatic rings. The van der Waals surface area contributed by atoms with Gasteiger partial charge >= 0.3 is 0 Å². The summed E-state index contributed by atoms with van der Waals surface area (Å²) in [5, 5.41) is 3.18. The first-order valence-corrected chi connectivity index (χ1v) is 7.56. The molecule has 6 heteroatoms. The quantitative estimate of drug-likeness (QED) is 0.705. The number of hydrogen-bond acceptors (Lipinski definition) is 4. The molecule has 0 aliphatic heterocycles. The summed E-state index contributed by atoms with van der Waals surface area (Å²) >= 11 is 0. The summed E-state index contributed by atoms with van der Waals surface area (Å²) in [5.41, 5.74) is 7.82. The van der Waals surface area contributed by atoms with Crippen molar-refractivity contribution in [1.82, 2.24) is 4.72 Å². The Labute approximate surface area is 109 Å². The zero-order valence-corrected chi connectivity index (χ0v) is 12.1. The van der Waals surface area contributed by atoms with E-state index >= 15 is 0 Å². The predicted octanol–water partition coefficient (Wildman–Crippen LogP) is 1.32. The monoisotopic (exact) mass is 271 g/mol. The highest BCUT2D eigenvalue weighted by atomic mass is 32.2. The van der Waals surface area contributed by atoms with Crippen molar-refractivity contribution in [2.75, 3.05) is 23.9 Å². The van der Waals surface area contributed by atoms with E-state index in [1.165, 1.54) is 0 Å². The van der Waals surface area contributed by atoms with Crippen LogP contribution >= 0.6 is 0 Å². The fraction of sp³-hybridized carbons (Fsp3) is 0.500. The van der Waals surface area contributed by atoms with Crippen LogP contribution in [0.15, 0.2) is 18.2 Å². The van der Waals surface area contributed by atoms with Crippen molar-refractivity contribution in [3.8, 4) is 0 Å². The van der Waals surface area contributed by atoms with Crippen molar-refractivity contribution in [3.63, 3.8) is 0 Å². The van der Waals surface area contributed by atoms with E-state index < -0.39 is 15.6 Å². The van der Waals surface area contributed by atoms with Crippen LogP contribution in [0.5, 0.6) is 0 Å². The zero-order chi connectivity index (χ0) is 14.0. The SMILES string of the molecule is Cc1cc(N)cc(NCC(C)(C)NS(C)(=O)=O)c1. The van der Waals surface area contributed by atoms with Gasteiger partial charge in [-0.15, -0.1) is 0 Å². The van der Waals surface area contributed by atoms with E-state index in [-0.39, 0.29) is 0 Å². The molecule has 0 aromatic heterocycles. The van der Waals surface area contributed by atoms with Crippen molar-refractivity contribution in [1.29, 1.82) is 0 Å². The number of sulfonamides is 1. The second-order valence-electron chi connectivity index (χ2n) is 5.24. The van der Waals surface area contributed by atoms with Gasteiger partial charge < -0.3 is 11.1 Å². The molecule has 1 aromatic carbocycles. The summed E-state index contributed by atoms with van der Waals surface area (Å²) in [6.07, 6.45) is 1.15. The van der Waals surface area contributed by atoms with Gasteiger partial charge in [-0.3, -0.25) is 0 Å². The molecule has 0 amide bonds. The maximum absolute atomic E-state index is 11.2. The summed E-state index contributed by atoms with van der Waals surface area (Å²) in [6.45, 7) is 6.07. The van der Waals surface area contributed by atoms with Gasteiger partial charge in [-0.2, -0.15) is 0 Å². The second-order valence-corrected chi connectivity index (χ2v) is 6.99. The number of nitrogen functional groups attached to an aromatic ring is 1. The fourth-order valence-corrected chi connectivity index (χ4v) is 2.85. The molecule has 5 nitrogen and oxygen atoms in total. The summed E-state index contributed by atoms with van der Waals surface area (Å²) < 4.78 is 25.0. The lowest BCUT2D eigenvalue weighted by Crippen LogP contribution is -2.47. The minimum atomic E-state index is -3.22. The normalized spacial score (nSPS) is 12.4. The minimum Gasteiger partial charge on any atom is -0.399 e. The van der Waals surface area contributed by atoms with Crippen LogP contribution in [0.1, 0.15) is 19.4 Å². The summed E-state index contributed by atoms with van der Waals surface area (Å²) in [6, 6.07) is 5.67. The molecule has 1 rings (SSSR count). The third kappa shape index (κ3) is 5.37. The molecule has 0 aliphatic carbocycles. The van der Waals surface area contributed by atoms with Gasteiger partial charge in [0, 0.05) is 23.5 Å². The Morgan fingerprint density at radius 1 is 1.28 bits per heavy atom. The maximum Gasteiger partial charge on any atom is 0.209 e. The Balaban J connectivity index is 2.69. The van der Waals surface area contributed by atoms with Crippen LogP contribution in [-0.2, 0) is 10.0 Å². The van der Waals surface area contributed by atoms with E-state index in [9.17, 15) is 8.42 Å². The highest BCUT2D eigenvalue weighted by Gasteiger charge is 2.21. The van der Waals surface area contributed by atoms with Gasteiger partial charge in [-0.05, 0) is 44.5 Å². The summed E-state index contributed by atoms with van der Waals surface area (Å²) in [4.78, 5) is 0. The lowest BCUT2D eigenvalue weighted by molar-refractivity contribution is 0.476. The van der Waals surface area contributed by atoms with Crippen molar-refractivity contribution in [2.24, 2.45) is 0 Å². The highest BCUT2D eigenvalue weighted by molar-refractivity contribution is 7.88. The lowest BCUT2D eigenvalue weighted by Gasteiger charge is -2.26. The van der Waals surface area contributed by atoms with Crippen LogP contribution in [0, 0.1) is 6.92 Å². The molecule has 0 unspecified atom stereocenters. The van der Waals surface area contributed by atoms with Crippen molar-refractivity contribution >= 4 is 21.4 Å². The van der Waals surface area contributed by atoms with Crippen LogP contribution in [0.4, 0.5) is 11.4 Å². The van der Waals surface area contributed by atoms with E-state index in [1.807, 2.05) is 39.0 Å². The van der Waals surface area contributed by atoms with Gasteiger partial charge in [-0.25, -0.2) is 13.1 Å². The second kappa shape index (κ2) is 5.16. The lowest BCUT2D eigenvalue weighted by atomic mass is 10.1. The largest absolute Gasteiger partial charge is 0.399 e. The van der Waals surface area contributed by atoms with E-state index in [1.54, 1.807) is 0 Å². The molecule has 0 heterocycles. The van der Waals surface area contributed by atoms with Gasteiger partial charge in [0.25, 0.3) is 0 Å². The molecule has 18 heavy (non-hydrogen) atoms. The number of nitrogens with one attached hydrogen (secondary N) is 2. The minimum absolute atomic E-state index is 0.475. The highest BCUT2D eigenvalue weighted by Crippen LogP contribution is 2.17. The average Bonchev–Trinajstić information content (AvgIpc) is 2.09. The van der Waals surface area contributed by atoms with Crippen molar-refractivity contribution in [3.05, 3.63) is 23.8 Å². The molecule has 0 atom stereocenters. The average molecular weight is 271 g/mol.